The minimum absolute atomic E-state index is 0. The van der Waals surface area contributed by atoms with Gasteiger partial charge in [0, 0.05) is 19.6 Å². The number of carbonyl (C=O) groups is 3. The van der Waals surface area contributed by atoms with Gasteiger partial charge >= 0.3 is 6.09 Å². The number of halogens is 1. The fourth-order valence-electron chi connectivity index (χ4n) is 10.7. The molecule has 0 spiro atoms. The fraction of sp³-hybridized carbons (Fsp3) is 0.397. The van der Waals surface area contributed by atoms with Crippen molar-refractivity contribution < 1.29 is 38.8 Å². The number of phenolic OH excluding ortho intramolecular Hbond substituents is 2. The SMILES string of the molecule is CC[C@@H](Nc1c(Nc2cccc(C(=O)N3CCO[C@@H]4CCC[C@H]43)c2O)c(=O)c1=O)c1ccccc1.CC[C@@H](Nc1c(Nc2cccc(C(=O)N3CCO[C@@H]4CN(C(=O)OC(C)(C)C)C[C@H]43)c2O)c(=O)c1=O)c1ccccc1.Cl. The molecule has 3 amide bonds. The lowest BCUT2D eigenvalue weighted by Crippen LogP contribution is -2.53. The summed E-state index contributed by atoms with van der Waals surface area (Å²) in [5, 5.41) is 34.2. The molecule has 3 aliphatic heterocycles. The molecule has 412 valence electrons. The second kappa shape index (κ2) is 23.9. The van der Waals surface area contributed by atoms with Crippen molar-refractivity contribution >= 4 is 64.4 Å². The van der Waals surface area contributed by atoms with Crippen molar-refractivity contribution in [2.45, 2.75) is 109 Å². The number of anilines is 6. The number of nitrogens with one attached hydrogen (secondary N) is 4. The quantitative estimate of drug-likeness (QED) is 0.0449. The molecular weight excluding hydrogens is 1020 g/mol. The number of likely N-dealkylation sites (tertiary alicyclic amines) is 1. The molecule has 6 N–H and O–H groups in total. The molecule has 19 nitrogen and oxygen atoms in total. The van der Waals surface area contributed by atoms with E-state index in [4.69, 9.17) is 14.2 Å². The first-order chi connectivity index (χ1) is 37.0. The molecule has 0 radical (unpaired) electrons. The molecule has 20 heteroatoms. The molecule has 6 atom stereocenters. The molecular formula is C58H66ClN7O12. The number of benzene rings is 4. The first kappa shape index (κ1) is 56.5. The molecule has 6 aromatic rings. The zero-order valence-electron chi connectivity index (χ0n) is 44.2. The largest absolute Gasteiger partial charge is 0.505 e. The predicted molar refractivity (Wildman–Crippen MR) is 300 cm³/mol. The van der Waals surface area contributed by atoms with E-state index in [0.29, 0.717) is 32.5 Å². The van der Waals surface area contributed by atoms with E-state index in [1.54, 1.807) is 54.8 Å². The standard InChI is InChI=1S/C31H36N4O7.C27H29N3O5.ClH/c1-5-20(18-10-7-6-8-11-18)32-24-25(28(38)27(24)37)33-21-13-9-12-19(26(21)36)29(39)35-14-15-41-23-17-34(16-22(23)35)30(40)42-31(2,3)4;1-2-18(16-8-4-3-5-9-16)28-22-23(26(33)25(22)32)29-19-11-6-10-17(24(19)31)27(34)30-14-15-35-21-13-7-12-20(21)30;/h6-13,20,22-23,32-33,36H,5,14-17H2,1-4H3;3-6,8-11,18,20-21,28-29,31H,2,7,12-15H2,1H3;1H/t20-,22-,23-;18-,20-,21-;/m11./s1. The minimum atomic E-state index is -0.708. The molecule has 6 aromatic carbocycles. The number of nitrogens with zero attached hydrogens (tertiary/aromatic N) is 3. The summed E-state index contributed by atoms with van der Waals surface area (Å²) in [5.41, 5.74) is -0.350. The van der Waals surface area contributed by atoms with Gasteiger partial charge in [0.15, 0.2) is 11.5 Å². The lowest BCUT2D eigenvalue weighted by molar-refractivity contribution is -0.0446. The maximum absolute atomic E-state index is 13.7. The number of hydrogen-bond donors (Lipinski definition) is 6. The molecule has 78 heavy (non-hydrogen) atoms. The Labute approximate surface area is 457 Å². The number of morpholine rings is 2. The third kappa shape index (κ3) is 11.6. The van der Waals surface area contributed by atoms with Crippen LogP contribution >= 0.6 is 12.4 Å². The number of carbonyl (C=O) groups excluding carboxylic acids is 3. The van der Waals surface area contributed by atoms with Gasteiger partial charge in [-0.3, -0.25) is 28.8 Å². The van der Waals surface area contributed by atoms with E-state index in [2.05, 4.69) is 21.3 Å². The normalized spacial score (nSPS) is 19.6. The van der Waals surface area contributed by atoms with Gasteiger partial charge in [0.1, 0.15) is 28.4 Å². The first-order valence-electron chi connectivity index (χ1n) is 26.3. The monoisotopic (exact) mass is 1090 g/mol. The molecule has 1 aliphatic carbocycles. The van der Waals surface area contributed by atoms with E-state index in [1.807, 2.05) is 74.5 Å². The molecule has 1 saturated carbocycles. The van der Waals surface area contributed by atoms with E-state index >= 15 is 0 Å². The van der Waals surface area contributed by atoms with Crippen LogP contribution in [-0.2, 0) is 14.2 Å². The summed E-state index contributed by atoms with van der Waals surface area (Å²) in [6.07, 6.45) is 3.39. The van der Waals surface area contributed by atoms with Crippen LogP contribution in [0, 0.1) is 0 Å². The Morgan fingerprint density at radius 3 is 1.51 bits per heavy atom. The zero-order chi connectivity index (χ0) is 54.7. The molecule has 3 saturated heterocycles. The average Bonchev–Trinajstić information content (AvgIpc) is 4.14. The zero-order valence-corrected chi connectivity index (χ0v) is 45.0. The van der Waals surface area contributed by atoms with Gasteiger partial charge in [0.25, 0.3) is 33.5 Å². The van der Waals surface area contributed by atoms with Crippen molar-refractivity contribution in [3.63, 3.8) is 0 Å². The lowest BCUT2D eigenvalue weighted by atomic mass is 10.0. The van der Waals surface area contributed by atoms with Crippen LogP contribution in [0.15, 0.2) is 116 Å². The van der Waals surface area contributed by atoms with Crippen molar-refractivity contribution in [1.29, 1.82) is 0 Å². The Balaban J connectivity index is 0.000000206. The second-order valence-electron chi connectivity index (χ2n) is 20.8. The molecule has 0 aromatic heterocycles. The molecule has 0 unspecified atom stereocenters. The van der Waals surface area contributed by atoms with E-state index in [1.165, 1.54) is 17.0 Å². The summed E-state index contributed by atoms with van der Waals surface area (Å²) in [4.78, 5) is 94.4. The van der Waals surface area contributed by atoms with Gasteiger partial charge < -0.3 is 60.4 Å². The number of amides is 3. The second-order valence-corrected chi connectivity index (χ2v) is 20.8. The Morgan fingerprint density at radius 2 is 1.05 bits per heavy atom. The summed E-state index contributed by atoms with van der Waals surface area (Å²) < 4.78 is 17.2. The van der Waals surface area contributed by atoms with Gasteiger partial charge in [-0.25, -0.2) is 4.79 Å². The number of fused-ring (bicyclic) bond motifs is 2. The van der Waals surface area contributed by atoms with Crippen LogP contribution in [0.3, 0.4) is 0 Å². The van der Waals surface area contributed by atoms with Crippen molar-refractivity contribution in [2.75, 3.05) is 60.7 Å². The first-order valence-corrected chi connectivity index (χ1v) is 26.3. The Morgan fingerprint density at radius 1 is 0.603 bits per heavy atom. The van der Waals surface area contributed by atoms with Crippen molar-refractivity contribution in [2.24, 2.45) is 0 Å². The van der Waals surface area contributed by atoms with E-state index in [-0.39, 0.29) is 125 Å². The van der Waals surface area contributed by atoms with Crippen LogP contribution in [0.25, 0.3) is 0 Å². The maximum Gasteiger partial charge on any atom is 0.410 e. The summed E-state index contributed by atoms with van der Waals surface area (Å²) in [7, 11) is 0. The number of para-hydroxylation sites is 2. The highest BCUT2D eigenvalue weighted by Gasteiger charge is 2.45. The number of aromatic hydroxyl groups is 2. The highest BCUT2D eigenvalue weighted by atomic mass is 35.5. The smallest absolute Gasteiger partial charge is 0.410 e. The molecule has 4 aliphatic rings. The lowest BCUT2D eigenvalue weighted by Gasteiger charge is -2.37. The van der Waals surface area contributed by atoms with Crippen LogP contribution in [0.2, 0.25) is 0 Å². The van der Waals surface area contributed by atoms with Crippen LogP contribution < -0.4 is 43.0 Å². The van der Waals surface area contributed by atoms with E-state index < -0.39 is 45.4 Å². The van der Waals surface area contributed by atoms with Gasteiger partial charge in [0.05, 0.1) is 78.6 Å². The minimum Gasteiger partial charge on any atom is -0.505 e. The van der Waals surface area contributed by atoms with Crippen molar-refractivity contribution in [3.05, 3.63) is 160 Å². The Kier molecular flexibility index (Phi) is 17.3. The van der Waals surface area contributed by atoms with Crippen LogP contribution in [0.4, 0.5) is 38.9 Å². The Bertz CT molecular complexity index is 3280. The van der Waals surface area contributed by atoms with E-state index in [0.717, 1.165) is 30.4 Å². The topological polar surface area (TPSA) is 245 Å². The third-order valence-electron chi connectivity index (χ3n) is 14.7. The molecule has 0 bridgehead atoms. The van der Waals surface area contributed by atoms with Gasteiger partial charge in [-0.05, 0) is 88.3 Å². The summed E-state index contributed by atoms with van der Waals surface area (Å²) >= 11 is 0. The van der Waals surface area contributed by atoms with Crippen LogP contribution in [-0.4, -0.2) is 112 Å². The highest BCUT2D eigenvalue weighted by Crippen LogP contribution is 2.38. The summed E-state index contributed by atoms with van der Waals surface area (Å²) in [6.45, 7) is 11.4. The van der Waals surface area contributed by atoms with Gasteiger partial charge in [-0.2, -0.15) is 0 Å². The van der Waals surface area contributed by atoms with Crippen molar-refractivity contribution in [3.8, 4) is 11.5 Å². The van der Waals surface area contributed by atoms with Crippen LogP contribution in [0.1, 0.15) is 111 Å². The molecule has 4 fully saturated rings. The number of rotatable bonds is 14. The summed E-state index contributed by atoms with van der Waals surface area (Å²) in [6, 6.07) is 27.9. The predicted octanol–water partition coefficient (Wildman–Crippen LogP) is 7.87. The van der Waals surface area contributed by atoms with Gasteiger partial charge in [-0.15, -0.1) is 12.4 Å². The number of phenols is 2. The Hall–Kier alpha value is -7.74. The average molecular weight is 1090 g/mol. The number of ether oxygens (including phenoxy) is 3. The maximum atomic E-state index is 13.7. The molecule has 10 rings (SSSR count). The number of hydrogen-bond acceptors (Lipinski definition) is 16. The van der Waals surface area contributed by atoms with Gasteiger partial charge in [-0.1, -0.05) is 86.6 Å². The fourth-order valence-corrected chi connectivity index (χ4v) is 10.7. The van der Waals surface area contributed by atoms with Crippen LogP contribution in [0.5, 0.6) is 11.5 Å². The van der Waals surface area contributed by atoms with Crippen molar-refractivity contribution in [1.82, 2.24) is 14.7 Å². The van der Waals surface area contributed by atoms with E-state index in [9.17, 15) is 43.8 Å². The third-order valence-corrected chi connectivity index (χ3v) is 14.7. The summed E-state index contributed by atoms with van der Waals surface area (Å²) in [5.74, 6) is -1.28. The highest BCUT2D eigenvalue weighted by molar-refractivity contribution is 6.00. The van der Waals surface area contributed by atoms with Gasteiger partial charge in [0.2, 0.25) is 0 Å². The molecule has 3 heterocycles.